The van der Waals surface area contributed by atoms with E-state index < -0.39 is 24.2 Å². The summed E-state index contributed by atoms with van der Waals surface area (Å²) < 4.78 is 4.11. The molecule has 0 bridgehead atoms. The third-order valence-electron chi connectivity index (χ3n) is 4.71. The minimum Gasteiger partial charge on any atom is -0.390 e. The number of nitrogens with one attached hydrogen (secondary N) is 1. The molecule has 0 spiro atoms. The van der Waals surface area contributed by atoms with E-state index in [1.165, 1.54) is 7.05 Å². The fraction of sp³-hybridized carbons (Fsp3) is 0.571. The summed E-state index contributed by atoms with van der Waals surface area (Å²) in [5, 5.41) is 23.5. The van der Waals surface area contributed by atoms with Crippen molar-refractivity contribution < 1.29 is 15.0 Å². The van der Waals surface area contributed by atoms with Gasteiger partial charge >= 0.3 is 0 Å². The lowest BCUT2D eigenvalue weighted by Crippen LogP contribution is -2.37. The molecule has 0 radical (unpaired) electrons. The molecule has 3 N–H and O–H groups in total. The summed E-state index contributed by atoms with van der Waals surface area (Å²) >= 11 is 4.14. The fourth-order valence-corrected chi connectivity index (χ4v) is 4.33. The number of nitrogens with zero attached hydrogens (tertiary/aromatic N) is 5. The van der Waals surface area contributed by atoms with E-state index in [-0.39, 0.29) is 11.8 Å². The van der Waals surface area contributed by atoms with E-state index in [0.29, 0.717) is 20.8 Å². The van der Waals surface area contributed by atoms with Crippen LogP contribution < -0.4 is 8.43 Å². The molecule has 1 aliphatic carbocycles. The molecular formula is C14H18I2N6O3. The SMILES string of the molecule is CNC(=O)[C@H]1[C@H](C)[C@@H](n2cnc3c(N(C)I)nc(I)nc32)[C@H](O)[C@@H]1O. The summed E-state index contributed by atoms with van der Waals surface area (Å²) in [6.07, 6.45) is -0.657. The first-order valence-corrected chi connectivity index (χ1v) is 9.69. The van der Waals surface area contributed by atoms with E-state index in [1.807, 2.05) is 39.7 Å². The third-order valence-corrected chi connectivity index (χ3v) is 5.65. The maximum atomic E-state index is 12.1. The first kappa shape index (κ1) is 19.0. The minimum absolute atomic E-state index is 0.289. The molecule has 0 unspecified atom stereocenters. The van der Waals surface area contributed by atoms with Gasteiger partial charge < -0.3 is 23.2 Å². The number of rotatable bonds is 3. The quantitative estimate of drug-likeness (QED) is 0.279. The zero-order valence-electron chi connectivity index (χ0n) is 13.8. The van der Waals surface area contributed by atoms with Gasteiger partial charge in [0.1, 0.15) is 6.10 Å². The maximum Gasteiger partial charge on any atom is 0.225 e. The molecule has 3 rings (SSSR count). The zero-order chi connectivity index (χ0) is 18.5. The van der Waals surface area contributed by atoms with Crippen LogP contribution in [0.2, 0.25) is 0 Å². The van der Waals surface area contributed by atoms with Crippen LogP contribution in [-0.4, -0.2) is 61.9 Å². The first-order chi connectivity index (χ1) is 11.8. The summed E-state index contributed by atoms with van der Waals surface area (Å²) in [6, 6.07) is -0.514. The topological polar surface area (TPSA) is 116 Å². The van der Waals surface area contributed by atoms with Crippen molar-refractivity contribution in [2.75, 3.05) is 17.2 Å². The highest BCUT2D eigenvalue weighted by Gasteiger charge is 2.51. The van der Waals surface area contributed by atoms with Crippen molar-refractivity contribution in [3.8, 4) is 0 Å². The molecule has 2 aromatic rings. The number of amides is 1. The smallest absolute Gasteiger partial charge is 0.225 e. The van der Waals surface area contributed by atoms with Crippen molar-refractivity contribution in [2.45, 2.75) is 25.2 Å². The molecular weight excluding hydrogens is 554 g/mol. The standard InChI is InChI=1S/C14H18I2N6O3/c1-5-6(13(25)17-2)9(23)10(24)8(5)22-4-18-7-11(21(3)16)19-14(15)20-12(7)22/h4-6,8-10,23-24H,1-3H3,(H,17,25)/t5-,6-,8+,9+,10-/m0/s1. The molecule has 11 heteroatoms. The molecule has 5 atom stereocenters. The van der Waals surface area contributed by atoms with E-state index in [9.17, 15) is 15.0 Å². The number of hydrogen-bond donors (Lipinski definition) is 3. The Morgan fingerprint density at radius 2 is 2.04 bits per heavy atom. The van der Waals surface area contributed by atoms with Gasteiger partial charge in [-0.1, -0.05) is 6.92 Å². The molecule has 9 nitrogen and oxygen atoms in total. The summed E-state index contributed by atoms with van der Waals surface area (Å²) in [6.45, 7) is 1.84. The Kier molecular flexibility index (Phi) is 5.37. The van der Waals surface area contributed by atoms with E-state index >= 15 is 0 Å². The number of carbonyl (C=O) groups excluding carboxylic acids is 1. The van der Waals surface area contributed by atoms with Crippen molar-refractivity contribution >= 4 is 68.3 Å². The molecule has 2 aromatic heterocycles. The molecule has 1 saturated carbocycles. The van der Waals surface area contributed by atoms with Gasteiger partial charge in [-0.3, -0.25) is 4.79 Å². The number of imidazole rings is 1. The number of anilines is 1. The van der Waals surface area contributed by atoms with Crippen LogP contribution in [0.25, 0.3) is 11.2 Å². The van der Waals surface area contributed by atoms with Crippen LogP contribution in [0.3, 0.4) is 0 Å². The van der Waals surface area contributed by atoms with Crippen molar-refractivity contribution in [1.82, 2.24) is 24.8 Å². The summed E-state index contributed by atoms with van der Waals surface area (Å²) in [5.74, 6) is -0.619. The highest BCUT2D eigenvalue weighted by Crippen LogP contribution is 2.42. The van der Waals surface area contributed by atoms with Crippen molar-refractivity contribution in [3.63, 3.8) is 0 Å². The van der Waals surface area contributed by atoms with Gasteiger partial charge in [0.05, 0.1) is 47.3 Å². The second-order valence-electron chi connectivity index (χ2n) is 6.09. The lowest BCUT2D eigenvalue weighted by Gasteiger charge is -2.22. The maximum absolute atomic E-state index is 12.1. The van der Waals surface area contributed by atoms with Crippen LogP contribution in [0.15, 0.2) is 6.33 Å². The molecule has 1 amide bonds. The molecule has 25 heavy (non-hydrogen) atoms. The van der Waals surface area contributed by atoms with Gasteiger partial charge in [-0.25, -0.2) is 15.0 Å². The number of aromatic nitrogens is 4. The van der Waals surface area contributed by atoms with Crippen LogP contribution in [0.5, 0.6) is 0 Å². The van der Waals surface area contributed by atoms with Gasteiger partial charge in [0.25, 0.3) is 0 Å². The molecule has 1 aliphatic rings. The highest BCUT2D eigenvalue weighted by atomic mass is 127. The monoisotopic (exact) mass is 572 g/mol. The molecule has 0 saturated heterocycles. The van der Waals surface area contributed by atoms with Gasteiger partial charge in [0.15, 0.2) is 20.8 Å². The van der Waals surface area contributed by atoms with Crippen LogP contribution in [0, 0.1) is 15.7 Å². The Hall–Kier alpha value is -0.800. The Labute approximate surface area is 171 Å². The van der Waals surface area contributed by atoms with Crippen LogP contribution >= 0.6 is 45.5 Å². The minimum atomic E-state index is -1.15. The number of fused-ring (bicyclic) bond motifs is 1. The first-order valence-electron chi connectivity index (χ1n) is 7.65. The van der Waals surface area contributed by atoms with Gasteiger partial charge in [0, 0.05) is 36.7 Å². The Morgan fingerprint density at radius 3 is 2.64 bits per heavy atom. The lowest BCUT2D eigenvalue weighted by molar-refractivity contribution is -0.129. The number of carbonyl (C=O) groups is 1. The number of halogens is 2. The Morgan fingerprint density at radius 1 is 1.36 bits per heavy atom. The second kappa shape index (κ2) is 7.08. The van der Waals surface area contributed by atoms with Crippen molar-refractivity contribution in [3.05, 3.63) is 10.2 Å². The largest absolute Gasteiger partial charge is 0.390 e. The fourth-order valence-electron chi connectivity index (χ4n) is 3.54. The second-order valence-corrected chi connectivity index (χ2v) is 8.50. The predicted octanol–water partition coefficient (Wildman–Crippen LogP) is 0.492. The molecule has 1 fully saturated rings. The van der Waals surface area contributed by atoms with Crippen LogP contribution in [-0.2, 0) is 4.79 Å². The van der Waals surface area contributed by atoms with Gasteiger partial charge in [-0.05, 0) is 5.92 Å². The predicted molar refractivity (Wildman–Crippen MR) is 108 cm³/mol. The number of aliphatic hydroxyl groups is 2. The average molecular weight is 572 g/mol. The Balaban J connectivity index is 2.12. The van der Waals surface area contributed by atoms with Gasteiger partial charge in [-0.2, -0.15) is 0 Å². The summed E-state index contributed by atoms with van der Waals surface area (Å²) in [7, 11) is 3.38. The lowest BCUT2D eigenvalue weighted by atomic mass is 9.94. The molecule has 136 valence electrons. The van der Waals surface area contributed by atoms with Gasteiger partial charge in [0.2, 0.25) is 5.91 Å². The van der Waals surface area contributed by atoms with E-state index in [1.54, 1.807) is 10.9 Å². The van der Waals surface area contributed by atoms with Crippen molar-refractivity contribution in [1.29, 1.82) is 0 Å². The van der Waals surface area contributed by atoms with Crippen LogP contribution in [0.1, 0.15) is 13.0 Å². The number of hydrogen-bond acceptors (Lipinski definition) is 7. The molecule has 0 aromatic carbocycles. The number of aliphatic hydroxyl groups excluding tert-OH is 2. The summed E-state index contributed by atoms with van der Waals surface area (Å²) in [4.78, 5) is 25.4. The van der Waals surface area contributed by atoms with E-state index in [2.05, 4.69) is 43.1 Å². The Bertz CT molecular complexity index is 813. The van der Waals surface area contributed by atoms with E-state index in [4.69, 9.17) is 0 Å². The third kappa shape index (κ3) is 3.08. The summed E-state index contributed by atoms with van der Waals surface area (Å²) in [5.41, 5.74) is 1.17. The van der Waals surface area contributed by atoms with Gasteiger partial charge in [-0.15, -0.1) is 0 Å². The molecule has 2 heterocycles. The average Bonchev–Trinajstić information content (AvgIpc) is 3.05. The van der Waals surface area contributed by atoms with Crippen molar-refractivity contribution in [2.24, 2.45) is 11.8 Å². The van der Waals surface area contributed by atoms with E-state index in [0.717, 1.165) is 0 Å². The normalized spacial score (nSPS) is 29.2. The highest BCUT2D eigenvalue weighted by molar-refractivity contribution is 14.1. The zero-order valence-corrected chi connectivity index (χ0v) is 18.1. The molecule has 0 aliphatic heterocycles. The van der Waals surface area contributed by atoms with Crippen LogP contribution in [0.4, 0.5) is 5.82 Å².